The molecule has 0 aliphatic heterocycles. The molecule has 16 heteroatoms. The molecule has 15 nitrogen and oxygen atoms in total. The molecular formula is C33H48N7O8P. The van der Waals surface area contributed by atoms with Crippen molar-refractivity contribution in [2.45, 2.75) is 85.4 Å². The molecule has 1 saturated carbocycles. The fourth-order valence-corrected chi connectivity index (χ4v) is 6.73. The summed E-state index contributed by atoms with van der Waals surface area (Å²) in [6.07, 6.45) is 4.92. The number of esters is 2. The SMILES string of the molecule is CCC[C@H](C)OC(=O)C(CC(C)C)NP(=O)(OC[C@@]1(COC(=O)[C@@H](N)C(C)C)C/C1=C/n1cnc2c(=O)[nH]c(N)nc21)Oc1ccccc1. The van der Waals surface area contributed by atoms with Crippen molar-refractivity contribution in [3.05, 3.63) is 52.6 Å². The Balaban J connectivity index is 1.66. The van der Waals surface area contributed by atoms with Crippen molar-refractivity contribution in [3.8, 4) is 5.75 Å². The van der Waals surface area contributed by atoms with Crippen molar-refractivity contribution in [2.24, 2.45) is 23.0 Å². The topological polar surface area (TPSA) is 216 Å². The normalized spacial score (nSPS) is 19.8. The summed E-state index contributed by atoms with van der Waals surface area (Å²) in [6, 6.07) is 6.59. The number of H-pyrrole nitrogens is 1. The second-order valence-electron chi connectivity index (χ2n) is 13.3. The standard InChI is InChI=1S/C33H48N7O8P/c1-7-11-22(6)47-30(42)25(14-20(2)3)39-49(44,48-24-12-9-8-10-13-24)46-18-33(17-45-31(43)26(34)21(4)5)15-23(33)16-40-19-36-27-28(40)37-32(35)38-29(27)41/h8-10,12-13,16,19-22,25-26H,7,11,14-15,17-18,34H2,1-6H3,(H,39,44)(H3,35,37,38,41)/b23-16-/t22-,25?,26-,33-,49?/m0/s1. The second-order valence-corrected chi connectivity index (χ2v) is 15.0. The Morgan fingerprint density at radius 2 is 1.86 bits per heavy atom. The van der Waals surface area contributed by atoms with Gasteiger partial charge in [-0.2, -0.15) is 10.1 Å². The first-order valence-electron chi connectivity index (χ1n) is 16.5. The Morgan fingerprint density at radius 1 is 1.14 bits per heavy atom. The van der Waals surface area contributed by atoms with Gasteiger partial charge in [0.2, 0.25) is 5.95 Å². The summed E-state index contributed by atoms with van der Waals surface area (Å²) in [7, 11) is -4.29. The Kier molecular flexibility index (Phi) is 12.4. The number of imidazole rings is 1. The van der Waals surface area contributed by atoms with Crippen molar-refractivity contribution in [2.75, 3.05) is 18.9 Å². The third-order valence-corrected chi connectivity index (χ3v) is 9.66. The predicted octanol–water partition coefficient (Wildman–Crippen LogP) is 4.40. The van der Waals surface area contributed by atoms with Crippen LogP contribution in [0.15, 0.2) is 47.0 Å². The van der Waals surface area contributed by atoms with Gasteiger partial charge >= 0.3 is 19.7 Å². The van der Waals surface area contributed by atoms with Crippen LogP contribution in [0.3, 0.4) is 0 Å². The van der Waals surface area contributed by atoms with Crippen molar-refractivity contribution in [3.63, 3.8) is 0 Å². The highest BCUT2D eigenvalue weighted by Gasteiger charge is 2.53. The first-order chi connectivity index (χ1) is 23.1. The van der Waals surface area contributed by atoms with Crippen LogP contribution in [-0.2, 0) is 28.2 Å². The number of anilines is 1. The Bertz CT molecular complexity index is 1740. The van der Waals surface area contributed by atoms with E-state index in [0.717, 1.165) is 12.0 Å². The predicted molar refractivity (Wildman–Crippen MR) is 185 cm³/mol. The number of nitrogen functional groups attached to an aromatic ring is 1. The van der Waals surface area contributed by atoms with E-state index in [-0.39, 0.29) is 54.0 Å². The molecule has 2 heterocycles. The number of carbonyl (C=O) groups is 2. The molecule has 2 aromatic heterocycles. The van der Waals surface area contributed by atoms with E-state index >= 15 is 0 Å². The molecule has 6 N–H and O–H groups in total. The van der Waals surface area contributed by atoms with E-state index in [4.69, 9.17) is 30.0 Å². The maximum absolute atomic E-state index is 14.6. The fraction of sp³-hybridized carbons (Fsp3) is 0.545. The molecule has 49 heavy (non-hydrogen) atoms. The molecule has 0 amide bonds. The number of aromatic nitrogens is 4. The summed E-state index contributed by atoms with van der Waals surface area (Å²) in [4.78, 5) is 49.3. The number of para-hydroxylation sites is 1. The number of aromatic amines is 1. The van der Waals surface area contributed by atoms with E-state index in [0.29, 0.717) is 19.3 Å². The number of rotatable bonds is 18. The minimum atomic E-state index is -4.29. The van der Waals surface area contributed by atoms with Crippen LogP contribution in [0, 0.1) is 17.3 Å². The molecule has 5 atom stereocenters. The average Bonchev–Trinajstić information content (AvgIpc) is 3.56. The van der Waals surface area contributed by atoms with Crippen LogP contribution in [-0.4, -0.2) is 62.9 Å². The lowest BCUT2D eigenvalue weighted by atomic mass is 10.0. The number of nitrogens with zero attached hydrogens (tertiary/aromatic N) is 3. The van der Waals surface area contributed by atoms with Crippen molar-refractivity contribution in [1.82, 2.24) is 24.6 Å². The lowest BCUT2D eigenvalue weighted by molar-refractivity contribution is -0.151. The van der Waals surface area contributed by atoms with E-state index < -0.39 is 42.7 Å². The zero-order valence-corrected chi connectivity index (χ0v) is 29.8. The highest BCUT2D eigenvalue weighted by Crippen LogP contribution is 2.57. The van der Waals surface area contributed by atoms with Gasteiger partial charge in [-0.3, -0.25) is 28.5 Å². The van der Waals surface area contributed by atoms with Gasteiger partial charge in [-0.05, 0) is 55.7 Å². The van der Waals surface area contributed by atoms with Gasteiger partial charge in [-0.25, -0.2) is 9.55 Å². The Labute approximate surface area is 285 Å². The second kappa shape index (κ2) is 16.1. The monoisotopic (exact) mass is 701 g/mol. The largest absolute Gasteiger partial charge is 0.463 e. The summed E-state index contributed by atoms with van der Waals surface area (Å²) in [6.45, 7) is 10.9. The number of hydrogen-bond acceptors (Lipinski definition) is 12. The third-order valence-electron chi connectivity index (χ3n) is 8.11. The summed E-state index contributed by atoms with van der Waals surface area (Å²) in [5.74, 6) is -1.13. The molecule has 1 aliphatic carbocycles. The first kappa shape index (κ1) is 37.8. The van der Waals surface area contributed by atoms with Crippen molar-refractivity contribution in [1.29, 1.82) is 0 Å². The Hall–Kier alpha value is -4.04. The van der Waals surface area contributed by atoms with Gasteiger partial charge in [0.15, 0.2) is 11.2 Å². The molecule has 0 spiro atoms. The van der Waals surface area contributed by atoms with Crippen LogP contribution in [0.4, 0.5) is 5.95 Å². The quantitative estimate of drug-likeness (QED) is 0.107. The smallest absolute Gasteiger partial charge is 0.459 e. The summed E-state index contributed by atoms with van der Waals surface area (Å²) in [5, 5.41) is 2.87. The number of fused-ring (bicyclic) bond motifs is 1. The molecule has 2 unspecified atom stereocenters. The Morgan fingerprint density at radius 3 is 2.51 bits per heavy atom. The zero-order chi connectivity index (χ0) is 35.9. The van der Waals surface area contributed by atoms with Gasteiger partial charge in [0.25, 0.3) is 5.56 Å². The van der Waals surface area contributed by atoms with Crippen LogP contribution in [0.25, 0.3) is 17.4 Å². The summed E-state index contributed by atoms with van der Waals surface area (Å²) < 4.78 is 39.5. The van der Waals surface area contributed by atoms with Crippen LogP contribution in [0.5, 0.6) is 5.75 Å². The highest BCUT2D eigenvalue weighted by atomic mass is 31.2. The van der Waals surface area contributed by atoms with Crippen molar-refractivity contribution < 1.29 is 32.7 Å². The van der Waals surface area contributed by atoms with Crippen LogP contribution in [0.1, 0.15) is 67.2 Å². The minimum absolute atomic E-state index is 0.0329. The zero-order valence-electron chi connectivity index (χ0n) is 28.9. The van der Waals surface area contributed by atoms with Gasteiger partial charge in [0, 0.05) is 6.20 Å². The number of carbonyl (C=O) groups excluding carboxylic acids is 2. The lowest BCUT2D eigenvalue weighted by Crippen LogP contribution is -2.40. The molecular weight excluding hydrogens is 653 g/mol. The maximum Gasteiger partial charge on any atom is 0.459 e. The molecule has 3 aromatic rings. The average molecular weight is 702 g/mol. The van der Waals surface area contributed by atoms with Gasteiger partial charge in [0.1, 0.15) is 30.8 Å². The minimum Gasteiger partial charge on any atom is -0.463 e. The van der Waals surface area contributed by atoms with Crippen LogP contribution in [0.2, 0.25) is 0 Å². The first-order valence-corrected chi connectivity index (χ1v) is 18.0. The van der Waals surface area contributed by atoms with E-state index in [2.05, 4.69) is 20.0 Å². The van der Waals surface area contributed by atoms with E-state index in [1.165, 1.54) is 10.9 Å². The summed E-state index contributed by atoms with van der Waals surface area (Å²) >= 11 is 0. The number of ether oxygens (including phenoxy) is 2. The fourth-order valence-electron chi connectivity index (χ4n) is 5.14. The molecule has 0 saturated heterocycles. The number of nitrogens with one attached hydrogen (secondary N) is 2. The van der Waals surface area contributed by atoms with Crippen molar-refractivity contribution >= 4 is 43.0 Å². The molecule has 1 aromatic carbocycles. The van der Waals surface area contributed by atoms with Gasteiger partial charge in [0.05, 0.1) is 18.1 Å². The van der Waals surface area contributed by atoms with E-state index in [9.17, 15) is 18.9 Å². The number of nitrogens with two attached hydrogens (primary N) is 2. The highest BCUT2D eigenvalue weighted by molar-refractivity contribution is 7.52. The molecule has 4 rings (SSSR count). The molecule has 0 bridgehead atoms. The van der Waals surface area contributed by atoms with Gasteiger partial charge in [-0.15, -0.1) is 0 Å². The van der Waals surface area contributed by atoms with Crippen LogP contribution >= 0.6 is 7.75 Å². The maximum atomic E-state index is 14.6. The number of benzene rings is 1. The summed E-state index contributed by atoms with van der Waals surface area (Å²) in [5.41, 5.74) is 11.4. The molecule has 1 aliphatic rings. The van der Waals surface area contributed by atoms with Crippen LogP contribution < -0.4 is 26.6 Å². The van der Waals surface area contributed by atoms with E-state index in [1.54, 1.807) is 36.5 Å². The van der Waals surface area contributed by atoms with E-state index in [1.807, 2.05) is 41.5 Å². The van der Waals surface area contributed by atoms with Gasteiger partial charge < -0.3 is 25.5 Å². The molecule has 1 fully saturated rings. The number of hydrogen-bond donors (Lipinski definition) is 4. The lowest BCUT2D eigenvalue weighted by Gasteiger charge is -2.28. The third kappa shape index (κ3) is 10.0. The molecule has 0 radical (unpaired) electrons. The molecule has 268 valence electrons. The van der Waals surface area contributed by atoms with Gasteiger partial charge in [-0.1, -0.05) is 59.2 Å².